The molecule has 0 aliphatic rings. The van der Waals surface area contributed by atoms with Crippen LogP contribution in [0.1, 0.15) is 11.6 Å². The van der Waals surface area contributed by atoms with Gasteiger partial charge >= 0.3 is 0 Å². The van der Waals surface area contributed by atoms with E-state index in [9.17, 15) is 4.79 Å². The number of pyridine rings is 1. The number of nitrogens with two attached hydrogens (primary N) is 1. The molecule has 1 amide bonds. The summed E-state index contributed by atoms with van der Waals surface area (Å²) in [6.07, 6.45) is 4.95. The smallest absolute Gasteiger partial charge is 0.245 e. The molecule has 1 atom stereocenters. The summed E-state index contributed by atoms with van der Waals surface area (Å²) in [5.74, 6) is -0.415. The highest BCUT2D eigenvalue weighted by atomic mass is 16.1. The number of primary amides is 1. The number of hydrogen-bond donors (Lipinski definition) is 1. The van der Waals surface area contributed by atoms with E-state index < -0.39 is 11.9 Å². The van der Waals surface area contributed by atoms with E-state index >= 15 is 0 Å². The van der Waals surface area contributed by atoms with E-state index in [0.29, 0.717) is 0 Å². The molecule has 19 heavy (non-hydrogen) atoms. The Hall–Kier alpha value is -2.69. The standard InChI is InChI=1S/C14H12N4O/c15-14(19)13(10-4-2-1-3-5-10)18-9-17-11-8-16-7-6-12(11)18/h1-9,13H,(H2,15,19). The number of fused-ring (bicyclic) bond motifs is 1. The van der Waals surface area contributed by atoms with Crippen molar-refractivity contribution >= 4 is 16.9 Å². The molecule has 94 valence electrons. The van der Waals surface area contributed by atoms with E-state index in [1.54, 1.807) is 23.3 Å². The summed E-state index contributed by atoms with van der Waals surface area (Å²) < 4.78 is 1.77. The van der Waals surface area contributed by atoms with Gasteiger partial charge in [-0.25, -0.2) is 4.98 Å². The van der Waals surface area contributed by atoms with Crippen LogP contribution >= 0.6 is 0 Å². The number of aromatic nitrogens is 3. The van der Waals surface area contributed by atoms with Gasteiger partial charge in [-0.05, 0) is 11.6 Å². The predicted molar refractivity (Wildman–Crippen MR) is 71.3 cm³/mol. The van der Waals surface area contributed by atoms with Crippen LogP contribution in [0.4, 0.5) is 0 Å². The topological polar surface area (TPSA) is 73.8 Å². The molecule has 0 saturated heterocycles. The second-order valence-electron chi connectivity index (χ2n) is 4.23. The average Bonchev–Trinajstić information content (AvgIpc) is 2.84. The van der Waals surface area contributed by atoms with E-state index in [2.05, 4.69) is 9.97 Å². The molecule has 0 radical (unpaired) electrons. The predicted octanol–water partition coefficient (Wildman–Crippen LogP) is 1.51. The number of benzene rings is 1. The first-order valence-corrected chi connectivity index (χ1v) is 5.88. The minimum atomic E-state index is -0.561. The summed E-state index contributed by atoms with van der Waals surface area (Å²) in [4.78, 5) is 20.1. The van der Waals surface area contributed by atoms with Gasteiger partial charge in [0.05, 0.1) is 18.0 Å². The molecule has 0 aliphatic carbocycles. The van der Waals surface area contributed by atoms with E-state index in [1.165, 1.54) is 0 Å². The number of rotatable bonds is 3. The van der Waals surface area contributed by atoms with Crippen LogP contribution in [0, 0.1) is 0 Å². The Morgan fingerprint density at radius 1 is 1.21 bits per heavy atom. The van der Waals surface area contributed by atoms with Crippen LogP contribution in [0.5, 0.6) is 0 Å². The van der Waals surface area contributed by atoms with Crippen molar-refractivity contribution in [2.45, 2.75) is 6.04 Å². The van der Waals surface area contributed by atoms with Gasteiger partial charge in [-0.15, -0.1) is 0 Å². The highest BCUT2D eigenvalue weighted by Gasteiger charge is 2.21. The third-order valence-electron chi connectivity index (χ3n) is 3.04. The van der Waals surface area contributed by atoms with E-state index in [4.69, 9.17) is 5.73 Å². The summed E-state index contributed by atoms with van der Waals surface area (Å²) in [5, 5.41) is 0. The molecular formula is C14H12N4O. The maximum Gasteiger partial charge on any atom is 0.245 e. The molecule has 0 saturated carbocycles. The fourth-order valence-corrected chi connectivity index (χ4v) is 2.19. The van der Waals surface area contributed by atoms with Gasteiger partial charge < -0.3 is 10.3 Å². The zero-order valence-electron chi connectivity index (χ0n) is 10.1. The van der Waals surface area contributed by atoms with Gasteiger partial charge in [0.2, 0.25) is 5.91 Å². The van der Waals surface area contributed by atoms with Crippen molar-refractivity contribution in [3.63, 3.8) is 0 Å². The lowest BCUT2D eigenvalue weighted by atomic mass is 10.1. The van der Waals surface area contributed by atoms with Crippen molar-refractivity contribution in [1.82, 2.24) is 14.5 Å². The SMILES string of the molecule is NC(=O)C(c1ccccc1)n1cnc2cnccc21. The highest BCUT2D eigenvalue weighted by molar-refractivity contribution is 5.85. The van der Waals surface area contributed by atoms with Crippen molar-refractivity contribution in [2.75, 3.05) is 0 Å². The van der Waals surface area contributed by atoms with Crippen molar-refractivity contribution in [3.8, 4) is 0 Å². The first kappa shape index (κ1) is 11.4. The van der Waals surface area contributed by atoms with Crippen molar-refractivity contribution in [1.29, 1.82) is 0 Å². The second kappa shape index (κ2) is 4.53. The van der Waals surface area contributed by atoms with Crippen molar-refractivity contribution in [2.24, 2.45) is 5.73 Å². The molecule has 3 rings (SSSR count). The molecule has 3 aromatic rings. The van der Waals surface area contributed by atoms with Gasteiger partial charge in [0, 0.05) is 6.20 Å². The lowest BCUT2D eigenvalue weighted by molar-refractivity contribution is -0.120. The van der Waals surface area contributed by atoms with Crippen LogP contribution in [-0.4, -0.2) is 20.4 Å². The Kier molecular flexibility index (Phi) is 2.72. The van der Waals surface area contributed by atoms with Crippen LogP contribution in [0.2, 0.25) is 0 Å². The minimum Gasteiger partial charge on any atom is -0.368 e. The lowest BCUT2D eigenvalue weighted by Crippen LogP contribution is -2.27. The molecule has 2 aromatic heterocycles. The third-order valence-corrected chi connectivity index (χ3v) is 3.04. The monoisotopic (exact) mass is 252 g/mol. The molecule has 0 aliphatic heterocycles. The van der Waals surface area contributed by atoms with Gasteiger partial charge in [-0.3, -0.25) is 9.78 Å². The normalized spacial score (nSPS) is 12.4. The molecule has 1 aromatic carbocycles. The van der Waals surface area contributed by atoms with Gasteiger partial charge in [0.25, 0.3) is 0 Å². The Morgan fingerprint density at radius 2 is 2.00 bits per heavy atom. The first-order chi connectivity index (χ1) is 9.27. The van der Waals surface area contributed by atoms with Crippen molar-refractivity contribution in [3.05, 3.63) is 60.7 Å². The van der Waals surface area contributed by atoms with E-state index in [-0.39, 0.29) is 0 Å². The van der Waals surface area contributed by atoms with E-state index in [0.717, 1.165) is 16.6 Å². The molecule has 0 fully saturated rings. The van der Waals surface area contributed by atoms with Gasteiger partial charge in [-0.1, -0.05) is 30.3 Å². The second-order valence-corrected chi connectivity index (χ2v) is 4.23. The number of amides is 1. The maximum atomic E-state index is 11.8. The van der Waals surface area contributed by atoms with Gasteiger partial charge in [0.15, 0.2) is 0 Å². The fourth-order valence-electron chi connectivity index (χ4n) is 2.19. The molecular weight excluding hydrogens is 240 g/mol. The zero-order chi connectivity index (χ0) is 13.2. The summed E-state index contributed by atoms with van der Waals surface area (Å²) in [7, 11) is 0. The number of carbonyl (C=O) groups excluding carboxylic acids is 1. The highest BCUT2D eigenvalue weighted by Crippen LogP contribution is 2.22. The molecule has 5 heteroatoms. The zero-order valence-corrected chi connectivity index (χ0v) is 10.1. The Labute approximate surface area is 109 Å². The number of carbonyl (C=O) groups is 1. The largest absolute Gasteiger partial charge is 0.368 e. The lowest BCUT2D eigenvalue weighted by Gasteiger charge is -2.16. The summed E-state index contributed by atoms with van der Waals surface area (Å²) in [6, 6.07) is 10.7. The molecule has 1 unspecified atom stereocenters. The number of hydrogen-bond acceptors (Lipinski definition) is 3. The summed E-state index contributed by atoms with van der Waals surface area (Å²) in [5.41, 5.74) is 7.96. The number of nitrogens with zero attached hydrogens (tertiary/aromatic N) is 3. The van der Waals surface area contributed by atoms with Crippen LogP contribution in [-0.2, 0) is 4.79 Å². The Balaban J connectivity index is 2.18. The Bertz CT molecular complexity index is 720. The summed E-state index contributed by atoms with van der Waals surface area (Å²) in [6.45, 7) is 0. The molecule has 2 heterocycles. The first-order valence-electron chi connectivity index (χ1n) is 5.88. The maximum absolute atomic E-state index is 11.8. The molecule has 0 bridgehead atoms. The fraction of sp³-hybridized carbons (Fsp3) is 0.0714. The molecule has 2 N–H and O–H groups in total. The van der Waals surface area contributed by atoms with Crippen LogP contribution in [0.3, 0.4) is 0 Å². The quantitative estimate of drug-likeness (QED) is 0.767. The van der Waals surface area contributed by atoms with Crippen LogP contribution in [0.15, 0.2) is 55.1 Å². The number of imidazole rings is 1. The Morgan fingerprint density at radius 3 is 2.74 bits per heavy atom. The van der Waals surface area contributed by atoms with E-state index in [1.807, 2.05) is 36.4 Å². The third kappa shape index (κ3) is 1.95. The van der Waals surface area contributed by atoms with Crippen LogP contribution < -0.4 is 5.73 Å². The average molecular weight is 252 g/mol. The van der Waals surface area contributed by atoms with Crippen molar-refractivity contribution < 1.29 is 4.79 Å². The summed E-state index contributed by atoms with van der Waals surface area (Å²) >= 11 is 0. The van der Waals surface area contributed by atoms with Crippen LogP contribution in [0.25, 0.3) is 11.0 Å². The molecule has 0 spiro atoms. The van der Waals surface area contributed by atoms with Gasteiger partial charge in [-0.2, -0.15) is 0 Å². The minimum absolute atomic E-state index is 0.415. The molecule has 5 nitrogen and oxygen atoms in total. The van der Waals surface area contributed by atoms with Gasteiger partial charge in [0.1, 0.15) is 11.6 Å².